The molecular formula is C19H20O6. The Balaban J connectivity index is 2.03. The Morgan fingerprint density at radius 2 is 1.92 bits per heavy atom. The van der Waals surface area contributed by atoms with Crippen molar-refractivity contribution in [3.63, 3.8) is 0 Å². The van der Waals surface area contributed by atoms with E-state index in [1.54, 1.807) is 36.4 Å². The number of phenolic OH excluding ortho intramolecular Hbond substituents is 1. The summed E-state index contributed by atoms with van der Waals surface area (Å²) in [5.41, 5.74) is 1.91. The van der Waals surface area contributed by atoms with Gasteiger partial charge in [-0.3, -0.25) is 4.79 Å². The molecule has 0 radical (unpaired) electrons. The number of fused-ring (bicyclic) bond motifs is 1. The molecule has 0 unspecified atom stereocenters. The van der Waals surface area contributed by atoms with Gasteiger partial charge >= 0.3 is 0 Å². The maximum absolute atomic E-state index is 12.2. The minimum absolute atomic E-state index is 0.0218. The molecule has 0 amide bonds. The molecule has 0 saturated carbocycles. The number of benzene rings is 2. The van der Waals surface area contributed by atoms with Gasteiger partial charge in [0.05, 0.1) is 26.2 Å². The largest absolute Gasteiger partial charge is 0.508 e. The number of ether oxygens (including phenoxy) is 2. The third-order valence-corrected chi connectivity index (χ3v) is 4.39. The number of carbonyl (C=O) groups is 1. The molecule has 0 spiro atoms. The van der Waals surface area contributed by atoms with Crippen LogP contribution in [-0.4, -0.2) is 41.4 Å². The molecule has 6 nitrogen and oxygen atoms in total. The summed E-state index contributed by atoms with van der Waals surface area (Å²) < 4.78 is 11.4. The van der Waals surface area contributed by atoms with E-state index >= 15 is 0 Å². The van der Waals surface area contributed by atoms with Crippen molar-refractivity contribution in [2.45, 2.75) is 18.4 Å². The zero-order chi connectivity index (χ0) is 18.0. The van der Waals surface area contributed by atoms with Crippen molar-refractivity contribution in [2.75, 3.05) is 20.3 Å². The first-order chi connectivity index (χ1) is 12.1. The first-order valence-electron chi connectivity index (χ1n) is 8.01. The highest BCUT2D eigenvalue weighted by molar-refractivity contribution is 5.97. The van der Waals surface area contributed by atoms with Crippen molar-refractivity contribution < 1.29 is 29.6 Å². The Hall–Kier alpha value is -2.57. The standard InChI is InChI=1S/C19H20O6/c1-24-17-9-12(16(23)6-7-20)8-14-15(10-21)18(25-19(14)17)11-2-4-13(22)5-3-11/h2-5,8-9,15,18,20-22H,6-7,10H2,1H3/t15-,18+/m0/s1. The molecule has 0 aliphatic carbocycles. The van der Waals surface area contributed by atoms with Crippen LogP contribution in [0.15, 0.2) is 36.4 Å². The monoisotopic (exact) mass is 344 g/mol. The SMILES string of the molecule is COc1cc(C(=O)CCO)cc2c1O[C@H](c1ccc(O)cc1)[C@H]2CO. The lowest BCUT2D eigenvalue weighted by atomic mass is 9.90. The zero-order valence-corrected chi connectivity index (χ0v) is 13.8. The molecule has 1 heterocycles. The van der Waals surface area contributed by atoms with Crippen LogP contribution in [0, 0.1) is 0 Å². The summed E-state index contributed by atoms with van der Waals surface area (Å²) in [6.45, 7) is -0.395. The number of hydrogen-bond acceptors (Lipinski definition) is 6. The van der Waals surface area contributed by atoms with Gasteiger partial charge in [-0.05, 0) is 29.8 Å². The molecule has 25 heavy (non-hydrogen) atoms. The van der Waals surface area contributed by atoms with Crippen LogP contribution in [0.3, 0.4) is 0 Å². The van der Waals surface area contributed by atoms with Crippen LogP contribution in [0.1, 0.15) is 39.9 Å². The lowest BCUT2D eigenvalue weighted by molar-refractivity contribution is 0.0956. The highest BCUT2D eigenvalue weighted by atomic mass is 16.5. The molecule has 3 rings (SSSR count). The molecule has 1 aliphatic heterocycles. The van der Waals surface area contributed by atoms with Crippen LogP contribution < -0.4 is 9.47 Å². The molecule has 2 aromatic carbocycles. The topological polar surface area (TPSA) is 96.2 Å². The zero-order valence-electron chi connectivity index (χ0n) is 13.8. The van der Waals surface area contributed by atoms with E-state index in [0.717, 1.165) is 5.56 Å². The van der Waals surface area contributed by atoms with E-state index in [-0.39, 0.29) is 37.1 Å². The molecular weight excluding hydrogens is 324 g/mol. The van der Waals surface area contributed by atoms with Gasteiger partial charge in [0.1, 0.15) is 11.9 Å². The number of hydrogen-bond donors (Lipinski definition) is 3. The lowest BCUT2D eigenvalue weighted by Crippen LogP contribution is -2.13. The Labute approximate surface area is 145 Å². The lowest BCUT2D eigenvalue weighted by Gasteiger charge is -2.17. The maximum Gasteiger partial charge on any atom is 0.165 e. The van der Waals surface area contributed by atoms with Crippen LogP contribution in [-0.2, 0) is 0 Å². The molecule has 0 fully saturated rings. The van der Waals surface area contributed by atoms with E-state index in [1.807, 2.05) is 0 Å². The number of ketones is 1. The van der Waals surface area contributed by atoms with Gasteiger partial charge in [0.15, 0.2) is 17.3 Å². The maximum atomic E-state index is 12.2. The van der Waals surface area contributed by atoms with Crippen molar-refractivity contribution in [3.05, 3.63) is 53.1 Å². The van der Waals surface area contributed by atoms with Crippen LogP contribution in [0.5, 0.6) is 17.2 Å². The van der Waals surface area contributed by atoms with Gasteiger partial charge in [-0.1, -0.05) is 12.1 Å². The number of aliphatic hydroxyl groups excluding tert-OH is 2. The Morgan fingerprint density at radius 3 is 2.52 bits per heavy atom. The van der Waals surface area contributed by atoms with Gasteiger partial charge in [-0.25, -0.2) is 0 Å². The number of Topliss-reactive ketones (excluding diaryl/α,β-unsaturated/α-hetero) is 1. The number of rotatable bonds is 6. The Kier molecular flexibility index (Phi) is 4.92. The molecule has 0 aromatic heterocycles. The molecule has 0 bridgehead atoms. The van der Waals surface area contributed by atoms with Crippen molar-refractivity contribution in [2.24, 2.45) is 0 Å². The molecule has 0 saturated heterocycles. The molecule has 1 aliphatic rings. The summed E-state index contributed by atoms with van der Waals surface area (Å²) in [6.07, 6.45) is -0.425. The summed E-state index contributed by atoms with van der Waals surface area (Å²) in [7, 11) is 1.49. The van der Waals surface area contributed by atoms with E-state index in [1.165, 1.54) is 7.11 Å². The third-order valence-electron chi connectivity index (χ3n) is 4.39. The van der Waals surface area contributed by atoms with E-state index in [9.17, 15) is 15.0 Å². The highest BCUT2D eigenvalue weighted by Gasteiger charge is 2.38. The predicted octanol–water partition coefficient (Wildman–Crippen LogP) is 2.18. The van der Waals surface area contributed by atoms with Crippen molar-refractivity contribution in [1.29, 1.82) is 0 Å². The quantitative estimate of drug-likeness (QED) is 0.695. The minimum Gasteiger partial charge on any atom is -0.508 e. The van der Waals surface area contributed by atoms with Gasteiger partial charge in [0, 0.05) is 17.5 Å². The van der Waals surface area contributed by atoms with Crippen LogP contribution >= 0.6 is 0 Å². The van der Waals surface area contributed by atoms with Gasteiger partial charge in [0.25, 0.3) is 0 Å². The van der Waals surface area contributed by atoms with Gasteiger partial charge < -0.3 is 24.8 Å². The smallest absolute Gasteiger partial charge is 0.165 e. The summed E-state index contributed by atoms with van der Waals surface area (Å²) in [4.78, 5) is 12.2. The van der Waals surface area contributed by atoms with Crippen LogP contribution in [0.25, 0.3) is 0 Å². The predicted molar refractivity (Wildman–Crippen MR) is 90.3 cm³/mol. The van der Waals surface area contributed by atoms with Crippen LogP contribution in [0.4, 0.5) is 0 Å². The van der Waals surface area contributed by atoms with Gasteiger partial charge in [-0.15, -0.1) is 0 Å². The van der Waals surface area contributed by atoms with E-state index in [2.05, 4.69) is 0 Å². The normalized spacial score (nSPS) is 18.5. The average molecular weight is 344 g/mol. The number of methoxy groups -OCH3 is 1. The molecule has 6 heteroatoms. The fourth-order valence-corrected chi connectivity index (χ4v) is 3.11. The van der Waals surface area contributed by atoms with Crippen LogP contribution in [0.2, 0.25) is 0 Å². The summed E-state index contributed by atoms with van der Waals surface area (Å²) in [5, 5.41) is 28.4. The Bertz CT molecular complexity index is 768. The fraction of sp³-hybridized carbons (Fsp3) is 0.316. The first kappa shape index (κ1) is 17.3. The van der Waals surface area contributed by atoms with E-state index < -0.39 is 6.10 Å². The summed E-state index contributed by atoms with van der Waals surface area (Å²) in [5.74, 6) is 0.497. The highest BCUT2D eigenvalue weighted by Crippen LogP contribution is 2.50. The number of aromatic hydroxyl groups is 1. The number of aliphatic hydroxyl groups is 2. The summed E-state index contributed by atoms with van der Waals surface area (Å²) in [6, 6.07) is 9.87. The van der Waals surface area contributed by atoms with E-state index in [4.69, 9.17) is 14.6 Å². The molecule has 132 valence electrons. The van der Waals surface area contributed by atoms with Crippen molar-refractivity contribution in [1.82, 2.24) is 0 Å². The molecule has 2 aromatic rings. The second-order valence-electron chi connectivity index (χ2n) is 5.91. The second kappa shape index (κ2) is 7.13. The van der Waals surface area contributed by atoms with E-state index in [0.29, 0.717) is 22.6 Å². The first-order valence-corrected chi connectivity index (χ1v) is 8.01. The average Bonchev–Trinajstić information content (AvgIpc) is 3.00. The van der Waals surface area contributed by atoms with Crippen molar-refractivity contribution in [3.8, 4) is 17.2 Å². The molecule has 2 atom stereocenters. The third kappa shape index (κ3) is 3.18. The summed E-state index contributed by atoms with van der Waals surface area (Å²) >= 11 is 0. The second-order valence-corrected chi connectivity index (χ2v) is 5.91. The number of carbonyl (C=O) groups excluding carboxylic acids is 1. The minimum atomic E-state index is -0.447. The van der Waals surface area contributed by atoms with Crippen molar-refractivity contribution >= 4 is 5.78 Å². The van der Waals surface area contributed by atoms with Gasteiger partial charge in [0.2, 0.25) is 0 Å². The molecule has 3 N–H and O–H groups in total. The number of phenols is 1. The Morgan fingerprint density at radius 1 is 1.20 bits per heavy atom. The fourth-order valence-electron chi connectivity index (χ4n) is 3.11. The van der Waals surface area contributed by atoms with Gasteiger partial charge in [-0.2, -0.15) is 0 Å².